The van der Waals surface area contributed by atoms with Gasteiger partial charge in [-0.15, -0.1) is 11.8 Å². The van der Waals surface area contributed by atoms with Crippen molar-refractivity contribution in [3.63, 3.8) is 0 Å². The molecule has 1 aliphatic heterocycles. The summed E-state index contributed by atoms with van der Waals surface area (Å²) < 4.78 is 5.44. The van der Waals surface area contributed by atoms with Crippen molar-refractivity contribution in [2.45, 2.75) is 30.7 Å². The number of pyridine rings is 1. The molecule has 1 aliphatic rings. The third-order valence-electron chi connectivity index (χ3n) is 3.69. The number of thioether (sulfide) groups is 1. The molecule has 0 spiro atoms. The van der Waals surface area contributed by atoms with Crippen LogP contribution in [0.5, 0.6) is 5.75 Å². The number of hydrogen-bond donors (Lipinski definition) is 3. The average Bonchev–Trinajstić information content (AvgIpc) is 2.62. The van der Waals surface area contributed by atoms with Crippen LogP contribution in [0.25, 0.3) is 0 Å². The van der Waals surface area contributed by atoms with Crippen molar-refractivity contribution in [1.82, 2.24) is 15.6 Å². The van der Waals surface area contributed by atoms with Gasteiger partial charge in [-0.25, -0.2) is 4.98 Å². The molecule has 0 saturated carbocycles. The van der Waals surface area contributed by atoms with Gasteiger partial charge in [-0.05, 0) is 43.3 Å². The van der Waals surface area contributed by atoms with E-state index < -0.39 is 0 Å². The fourth-order valence-electron chi connectivity index (χ4n) is 2.56. The summed E-state index contributed by atoms with van der Waals surface area (Å²) in [5, 5.41) is 10.6. The Hall–Kier alpha value is -2.25. The number of hydrogen-bond acceptors (Lipinski definition) is 6. The third-order valence-corrected chi connectivity index (χ3v) is 4.79. The highest BCUT2D eigenvalue weighted by atomic mass is 32.2. The number of carbonyl (C=O) groups is 1. The number of anilines is 1. The van der Waals surface area contributed by atoms with Gasteiger partial charge in [-0.3, -0.25) is 10.1 Å². The Morgan fingerprint density at radius 3 is 2.84 bits per heavy atom. The molecule has 1 fully saturated rings. The zero-order chi connectivity index (χ0) is 17.5. The van der Waals surface area contributed by atoms with Crippen LogP contribution in [0.15, 0.2) is 53.7 Å². The van der Waals surface area contributed by atoms with Crippen molar-refractivity contribution < 1.29 is 9.53 Å². The molecule has 6 nitrogen and oxygen atoms in total. The largest absolute Gasteiger partial charge is 0.494 e. The lowest BCUT2D eigenvalue weighted by Crippen LogP contribution is -2.60. The summed E-state index contributed by atoms with van der Waals surface area (Å²) in [5.74, 6) is 1.65. The number of benzene rings is 1. The lowest BCUT2D eigenvalue weighted by Gasteiger charge is -2.32. The van der Waals surface area contributed by atoms with Gasteiger partial charge < -0.3 is 15.4 Å². The van der Waals surface area contributed by atoms with E-state index in [1.807, 2.05) is 49.4 Å². The maximum Gasteiger partial charge on any atom is 0.224 e. The second kappa shape index (κ2) is 8.73. The molecule has 1 aromatic heterocycles. The summed E-state index contributed by atoms with van der Waals surface area (Å²) in [6.07, 6.45) is 1.94. The molecule has 2 unspecified atom stereocenters. The summed E-state index contributed by atoms with van der Waals surface area (Å²) >= 11 is 1.65. The van der Waals surface area contributed by atoms with Gasteiger partial charge in [0.15, 0.2) is 6.29 Å². The molecule has 2 aromatic rings. The normalized spacial score (nSPS) is 20.0. The van der Waals surface area contributed by atoms with Gasteiger partial charge in [0.2, 0.25) is 5.91 Å². The van der Waals surface area contributed by atoms with Gasteiger partial charge in [0.1, 0.15) is 5.75 Å². The Balaban J connectivity index is 1.54. The molecule has 2 heterocycles. The van der Waals surface area contributed by atoms with Crippen LogP contribution < -0.4 is 20.7 Å². The molecule has 3 rings (SSSR count). The van der Waals surface area contributed by atoms with Crippen molar-refractivity contribution in [1.29, 1.82) is 0 Å². The molecule has 1 aromatic carbocycles. The van der Waals surface area contributed by atoms with Gasteiger partial charge in [0.05, 0.1) is 11.6 Å². The Morgan fingerprint density at radius 1 is 1.28 bits per heavy atom. The van der Waals surface area contributed by atoms with Crippen LogP contribution in [0.4, 0.5) is 5.69 Å². The standard InChI is InChI=1S/C18H22N4O2S/c1-2-24-15-8-6-13(7-9-15)20-18-21-14(11-16(23)22-18)12-25-17-5-3-4-10-19-17/h3-10,14,18,20-21H,2,11-12H2,1H3,(H,22,23). The molecular weight excluding hydrogens is 336 g/mol. The molecule has 1 amide bonds. The summed E-state index contributed by atoms with van der Waals surface area (Å²) in [7, 11) is 0. The molecule has 1 saturated heterocycles. The third kappa shape index (κ3) is 5.37. The summed E-state index contributed by atoms with van der Waals surface area (Å²) in [6.45, 7) is 2.60. The number of nitrogens with zero attached hydrogens (tertiary/aromatic N) is 1. The predicted octanol–water partition coefficient (Wildman–Crippen LogP) is 2.45. The number of nitrogens with one attached hydrogen (secondary N) is 3. The average molecular weight is 358 g/mol. The lowest BCUT2D eigenvalue weighted by molar-refractivity contribution is -0.123. The second-order valence-corrected chi connectivity index (χ2v) is 6.69. The van der Waals surface area contributed by atoms with E-state index in [1.54, 1.807) is 18.0 Å². The Labute approximate surface area is 151 Å². The van der Waals surface area contributed by atoms with E-state index in [0.717, 1.165) is 22.2 Å². The Morgan fingerprint density at radius 2 is 2.12 bits per heavy atom. The lowest BCUT2D eigenvalue weighted by atomic mass is 10.2. The van der Waals surface area contributed by atoms with Gasteiger partial charge in [0, 0.05) is 30.1 Å². The van der Waals surface area contributed by atoms with Crippen molar-refractivity contribution in [3.8, 4) is 5.75 Å². The minimum absolute atomic E-state index is 0.0359. The van der Waals surface area contributed by atoms with E-state index in [-0.39, 0.29) is 18.2 Å². The number of aromatic nitrogens is 1. The SMILES string of the molecule is CCOc1ccc(NC2NC(=O)CC(CSc3ccccn3)N2)cc1. The van der Waals surface area contributed by atoms with Crippen LogP contribution in [0.3, 0.4) is 0 Å². The molecule has 3 N–H and O–H groups in total. The zero-order valence-corrected chi connectivity index (χ0v) is 14.9. The van der Waals surface area contributed by atoms with Gasteiger partial charge in [0.25, 0.3) is 0 Å². The van der Waals surface area contributed by atoms with E-state index in [9.17, 15) is 4.79 Å². The number of amides is 1. The van der Waals surface area contributed by atoms with Crippen LogP contribution in [0.2, 0.25) is 0 Å². The van der Waals surface area contributed by atoms with Crippen molar-refractivity contribution in [3.05, 3.63) is 48.7 Å². The highest BCUT2D eigenvalue weighted by Crippen LogP contribution is 2.19. The minimum atomic E-state index is -0.298. The van der Waals surface area contributed by atoms with E-state index in [1.165, 1.54) is 0 Å². The molecule has 132 valence electrons. The quantitative estimate of drug-likeness (QED) is 0.660. The number of carbonyl (C=O) groups excluding carboxylic acids is 1. The molecule has 0 aliphatic carbocycles. The van der Waals surface area contributed by atoms with E-state index >= 15 is 0 Å². The molecule has 7 heteroatoms. The van der Waals surface area contributed by atoms with Crippen LogP contribution in [-0.2, 0) is 4.79 Å². The Bertz CT molecular complexity index is 681. The van der Waals surface area contributed by atoms with Gasteiger partial charge >= 0.3 is 0 Å². The first-order valence-electron chi connectivity index (χ1n) is 8.31. The smallest absolute Gasteiger partial charge is 0.224 e. The monoisotopic (exact) mass is 358 g/mol. The maximum atomic E-state index is 12.0. The van der Waals surface area contributed by atoms with E-state index in [4.69, 9.17) is 4.74 Å². The van der Waals surface area contributed by atoms with Crippen LogP contribution >= 0.6 is 11.8 Å². The maximum absolute atomic E-state index is 12.0. The molecule has 0 radical (unpaired) electrons. The molecule has 0 bridgehead atoms. The van der Waals surface area contributed by atoms with Crippen molar-refractivity contribution in [2.24, 2.45) is 0 Å². The highest BCUT2D eigenvalue weighted by molar-refractivity contribution is 7.99. The Kier molecular flexibility index (Phi) is 6.14. The fourth-order valence-corrected chi connectivity index (χ4v) is 3.46. The number of rotatable bonds is 7. The fraction of sp³-hybridized carbons (Fsp3) is 0.333. The second-order valence-electron chi connectivity index (χ2n) is 5.65. The molecule has 2 atom stereocenters. The van der Waals surface area contributed by atoms with Crippen molar-refractivity contribution in [2.75, 3.05) is 17.7 Å². The van der Waals surface area contributed by atoms with Crippen LogP contribution in [0.1, 0.15) is 13.3 Å². The van der Waals surface area contributed by atoms with E-state index in [0.29, 0.717) is 13.0 Å². The summed E-state index contributed by atoms with van der Waals surface area (Å²) in [4.78, 5) is 16.3. The zero-order valence-electron chi connectivity index (χ0n) is 14.1. The molecule has 25 heavy (non-hydrogen) atoms. The van der Waals surface area contributed by atoms with Gasteiger partial charge in [-0.1, -0.05) is 6.07 Å². The van der Waals surface area contributed by atoms with E-state index in [2.05, 4.69) is 20.9 Å². The first kappa shape index (κ1) is 17.6. The highest BCUT2D eigenvalue weighted by Gasteiger charge is 2.25. The summed E-state index contributed by atoms with van der Waals surface area (Å²) in [5.41, 5.74) is 0.916. The number of ether oxygens (including phenoxy) is 1. The van der Waals surface area contributed by atoms with Gasteiger partial charge in [-0.2, -0.15) is 0 Å². The van der Waals surface area contributed by atoms with Crippen molar-refractivity contribution >= 4 is 23.4 Å². The summed E-state index contributed by atoms with van der Waals surface area (Å²) in [6, 6.07) is 13.6. The first-order chi connectivity index (χ1) is 12.2. The topological polar surface area (TPSA) is 75.3 Å². The molecular formula is C18H22N4O2S. The predicted molar refractivity (Wildman–Crippen MR) is 99.7 cm³/mol. The van der Waals surface area contributed by atoms with Crippen LogP contribution in [-0.4, -0.2) is 35.6 Å². The minimum Gasteiger partial charge on any atom is -0.494 e. The van der Waals surface area contributed by atoms with Crippen LogP contribution in [0, 0.1) is 0 Å². The first-order valence-corrected chi connectivity index (χ1v) is 9.30.